The summed E-state index contributed by atoms with van der Waals surface area (Å²) in [5.41, 5.74) is 3.51. The van der Waals surface area contributed by atoms with Gasteiger partial charge in [0.25, 0.3) is 0 Å². The van der Waals surface area contributed by atoms with E-state index in [-0.39, 0.29) is 6.10 Å². The van der Waals surface area contributed by atoms with Crippen molar-refractivity contribution in [3.63, 3.8) is 0 Å². The molecule has 4 rings (SSSR count). The molecule has 1 saturated heterocycles. The molecule has 2 heterocycles. The Labute approximate surface area is 163 Å². The fourth-order valence-corrected chi connectivity index (χ4v) is 4.12. The summed E-state index contributed by atoms with van der Waals surface area (Å²) < 4.78 is 7.76. The lowest BCUT2D eigenvalue weighted by Gasteiger charge is -2.32. The molecule has 27 heavy (non-hydrogen) atoms. The van der Waals surface area contributed by atoms with Crippen molar-refractivity contribution in [2.45, 2.75) is 24.7 Å². The summed E-state index contributed by atoms with van der Waals surface area (Å²) in [6, 6.07) is 18.8. The molecule has 2 aromatic carbocycles. The lowest BCUT2D eigenvalue weighted by molar-refractivity contribution is -0.0187. The van der Waals surface area contributed by atoms with Gasteiger partial charge in [-0.15, -0.1) is 5.10 Å². The standard InChI is InChI=1S/C20H23N5OS/c1-16-6-5-9-18(12-16)25-20(21-22-23-25)27-15-19-14-24(10-11-26-19)13-17-7-3-2-4-8-17/h2-9,12,19H,10-11,13-15H2,1H3. The predicted octanol–water partition coefficient (Wildman–Crippen LogP) is 2.96. The molecule has 3 aromatic rings. The first-order valence-electron chi connectivity index (χ1n) is 9.14. The Hall–Kier alpha value is -2.22. The normalized spacial score (nSPS) is 17.9. The van der Waals surface area contributed by atoms with Gasteiger partial charge in [-0.25, -0.2) is 0 Å². The van der Waals surface area contributed by atoms with Gasteiger partial charge >= 0.3 is 0 Å². The molecule has 1 unspecified atom stereocenters. The van der Waals surface area contributed by atoms with Crippen LogP contribution in [-0.2, 0) is 11.3 Å². The van der Waals surface area contributed by atoms with E-state index in [2.05, 4.69) is 69.8 Å². The van der Waals surface area contributed by atoms with Gasteiger partial charge in [-0.1, -0.05) is 54.2 Å². The molecule has 1 aliphatic heterocycles. The van der Waals surface area contributed by atoms with Crippen LogP contribution in [0.15, 0.2) is 59.8 Å². The molecule has 1 aromatic heterocycles. The van der Waals surface area contributed by atoms with Gasteiger partial charge < -0.3 is 4.74 Å². The first kappa shape index (κ1) is 18.2. The molecule has 0 radical (unpaired) electrons. The number of morpholine rings is 1. The first-order valence-corrected chi connectivity index (χ1v) is 10.1. The molecule has 0 bridgehead atoms. The topological polar surface area (TPSA) is 56.1 Å². The van der Waals surface area contributed by atoms with Gasteiger partial charge in [0.05, 0.1) is 18.4 Å². The monoisotopic (exact) mass is 381 g/mol. The number of aromatic nitrogens is 4. The van der Waals surface area contributed by atoms with Crippen molar-refractivity contribution >= 4 is 11.8 Å². The van der Waals surface area contributed by atoms with Gasteiger partial charge in [0.15, 0.2) is 0 Å². The van der Waals surface area contributed by atoms with Crippen LogP contribution < -0.4 is 0 Å². The molecule has 1 fully saturated rings. The number of hydrogen-bond donors (Lipinski definition) is 0. The van der Waals surface area contributed by atoms with E-state index in [1.165, 1.54) is 11.1 Å². The maximum absolute atomic E-state index is 5.97. The maximum Gasteiger partial charge on any atom is 0.214 e. The van der Waals surface area contributed by atoms with Crippen molar-refractivity contribution in [3.8, 4) is 5.69 Å². The van der Waals surface area contributed by atoms with Crippen molar-refractivity contribution in [2.75, 3.05) is 25.4 Å². The van der Waals surface area contributed by atoms with Gasteiger partial charge in [-0.2, -0.15) is 4.68 Å². The van der Waals surface area contributed by atoms with Gasteiger partial charge in [0.2, 0.25) is 5.16 Å². The highest BCUT2D eigenvalue weighted by Gasteiger charge is 2.22. The third kappa shape index (κ3) is 4.74. The molecule has 0 saturated carbocycles. The first-order chi connectivity index (χ1) is 13.3. The van der Waals surface area contributed by atoms with E-state index < -0.39 is 0 Å². The van der Waals surface area contributed by atoms with Crippen LogP contribution in [0.25, 0.3) is 5.69 Å². The van der Waals surface area contributed by atoms with E-state index >= 15 is 0 Å². The Morgan fingerprint density at radius 2 is 2.04 bits per heavy atom. The highest BCUT2D eigenvalue weighted by Crippen LogP contribution is 2.22. The Balaban J connectivity index is 1.36. The third-order valence-corrected chi connectivity index (χ3v) is 5.61. The van der Waals surface area contributed by atoms with E-state index in [1.807, 2.05) is 12.1 Å². The number of ether oxygens (including phenoxy) is 1. The number of benzene rings is 2. The number of rotatable bonds is 6. The van der Waals surface area contributed by atoms with Gasteiger partial charge in [0, 0.05) is 25.4 Å². The van der Waals surface area contributed by atoms with Crippen molar-refractivity contribution in [1.82, 2.24) is 25.1 Å². The molecule has 0 spiro atoms. The van der Waals surface area contributed by atoms with E-state index in [1.54, 1.807) is 16.4 Å². The van der Waals surface area contributed by atoms with Crippen LogP contribution >= 0.6 is 11.8 Å². The SMILES string of the molecule is Cc1cccc(-n2nnnc2SCC2CN(Cc3ccccc3)CCO2)c1. The summed E-state index contributed by atoms with van der Waals surface area (Å²) >= 11 is 1.64. The van der Waals surface area contributed by atoms with Gasteiger partial charge in [0.1, 0.15) is 0 Å². The minimum atomic E-state index is 0.176. The van der Waals surface area contributed by atoms with Crippen LogP contribution in [0.4, 0.5) is 0 Å². The minimum Gasteiger partial charge on any atom is -0.375 e. The zero-order chi connectivity index (χ0) is 18.5. The van der Waals surface area contributed by atoms with Gasteiger partial charge in [-0.05, 0) is 40.6 Å². The summed E-state index contributed by atoms with van der Waals surface area (Å²) in [7, 11) is 0. The fourth-order valence-electron chi connectivity index (χ4n) is 3.22. The number of thioether (sulfide) groups is 1. The molecule has 0 N–H and O–H groups in total. The summed E-state index contributed by atoms with van der Waals surface area (Å²) in [4.78, 5) is 2.45. The van der Waals surface area contributed by atoms with E-state index in [0.717, 1.165) is 42.8 Å². The molecule has 7 heteroatoms. The smallest absolute Gasteiger partial charge is 0.214 e. The second-order valence-electron chi connectivity index (χ2n) is 6.74. The Bertz CT molecular complexity index is 870. The molecule has 0 aliphatic carbocycles. The number of hydrogen-bond acceptors (Lipinski definition) is 6. The van der Waals surface area contributed by atoms with E-state index in [9.17, 15) is 0 Å². The molecular formula is C20H23N5OS. The van der Waals surface area contributed by atoms with Crippen molar-refractivity contribution in [3.05, 3.63) is 65.7 Å². The second-order valence-corrected chi connectivity index (χ2v) is 7.72. The zero-order valence-corrected chi connectivity index (χ0v) is 16.2. The lowest BCUT2D eigenvalue weighted by atomic mass is 10.2. The molecular weight excluding hydrogens is 358 g/mol. The average Bonchev–Trinajstić information content (AvgIpc) is 3.16. The van der Waals surface area contributed by atoms with Crippen LogP contribution in [0.1, 0.15) is 11.1 Å². The number of nitrogens with zero attached hydrogens (tertiary/aromatic N) is 5. The van der Waals surface area contributed by atoms with Crippen LogP contribution in [0, 0.1) is 6.92 Å². The highest BCUT2D eigenvalue weighted by atomic mass is 32.2. The molecule has 0 amide bonds. The molecule has 1 aliphatic rings. The Morgan fingerprint density at radius 1 is 1.15 bits per heavy atom. The summed E-state index contributed by atoms with van der Waals surface area (Å²) in [5, 5.41) is 13.0. The summed E-state index contributed by atoms with van der Waals surface area (Å²) in [5.74, 6) is 0.831. The molecule has 1 atom stereocenters. The van der Waals surface area contributed by atoms with Crippen LogP contribution in [0.2, 0.25) is 0 Å². The molecule has 6 nitrogen and oxygen atoms in total. The third-order valence-electron chi connectivity index (χ3n) is 4.56. The maximum atomic E-state index is 5.97. The second kappa shape index (κ2) is 8.65. The predicted molar refractivity (Wildman–Crippen MR) is 106 cm³/mol. The minimum absolute atomic E-state index is 0.176. The quantitative estimate of drug-likeness (QED) is 0.612. The average molecular weight is 382 g/mol. The summed E-state index contributed by atoms with van der Waals surface area (Å²) in [6.07, 6.45) is 0.176. The van der Waals surface area contributed by atoms with Crippen LogP contribution in [0.3, 0.4) is 0 Å². The Morgan fingerprint density at radius 3 is 2.89 bits per heavy atom. The van der Waals surface area contributed by atoms with Crippen molar-refractivity contribution in [1.29, 1.82) is 0 Å². The van der Waals surface area contributed by atoms with Crippen molar-refractivity contribution < 1.29 is 4.74 Å². The zero-order valence-electron chi connectivity index (χ0n) is 15.4. The van der Waals surface area contributed by atoms with E-state index in [0.29, 0.717) is 0 Å². The fraction of sp³-hybridized carbons (Fsp3) is 0.350. The van der Waals surface area contributed by atoms with Gasteiger partial charge in [-0.3, -0.25) is 4.90 Å². The highest BCUT2D eigenvalue weighted by molar-refractivity contribution is 7.99. The largest absolute Gasteiger partial charge is 0.375 e. The number of aryl methyl sites for hydroxylation is 1. The van der Waals surface area contributed by atoms with Crippen molar-refractivity contribution in [2.24, 2.45) is 0 Å². The number of tetrazole rings is 1. The lowest BCUT2D eigenvalue weighted by Crippen LogP contribution is -2.43. The van der Waals surface area contributed by atoms with Crippen LogP contribution in [0.5, 0.6) is 0 Å². The van der Waals surface area contributed by atoms with E-state index in [4.69, 9.17) is 4.74 Å². The Kier molecular flexibility index (Phi) is 5.81. The molecule has 140 valence electrons. The van der Waals surface area contributed by atoms with Crippen LogP contribution in [-0.4, -0.2) is 56.7 Å². The summed E-state index contributed by atoms with van der Waals surface area (Å²) in [6.45, 7) is 5.69.